The number of nitrogens with zero attached hydrogens (tertiary/aromatic N) is 8. The number of rotatable bonds is 60. The van der Waals surface area contributed by atoms with Crippen LogP contribution in [0.25, 0.3) is 0 Å². The zero-order valence-corrected chi connectivity index (χ0v) is 75.4. The van der Waals surface area contributed by atoms with E-state index >= 15 is 24.0 Å². The lowest BCUT2D eigenvalue weighted by Crippen LogP contribution is -2.51. The van der Waals surface area contributed by atoms with Gasteiger partial charge >= 0.3 is 53.7 Å². The summed E-state index contributed by atoms with van der Waals surface area (Å²) in [6.07, 6.45) is 11.9. The van der Waals surface area contributed by atoms with E-state index in [4.69, 9.17) is 42.6 Å². The minimum atomic E-state index is -1.88. The van der Waals surface area contributed by atoms with Crippen LogP contribution in [0.1, 0.15) is 219 Å². The fourth-order valence-corrected chi connectivity index (χ4v) is 13.9. The van der Waals surface area contributed by atoms with Gasteiger partial charge in [0.2, 0.25) is 0 Å². The average Bonchev–Trinajstić information content (AvgIpc) is 0.754. The van der Waals surface area contributed by atoms with Gasteiger partial charge in [-0.3, -0.25) is 43.2 Å². The van der Waals surface area contributed by atoms with Crippen LogP contribution in [0, 0.1) is 48.7 Å². The molecule has 0 N–H and O–H groups in total. The summed E-state index contributed by atoms with van der Waals surface area (Å²) >= 11 is 0. The van der Waals surface area contributed by atoms with Crippen LogP contribution >= 0.6 is 0 Å². The highest BCUT2D eigenvalue weighted by molar-refractivity contribution is 5.87. The molecule has 0 fully saturated rings. The largest absolute Gasteiger partial charge is 0.465 e. The fourth-order valence-electron chi connectivity index (χ4n) is 13.9. The van der Waals surface area contributed by atoms with Crippen molar-refractivity contribution in [2.24, 2.45) is 48.7 Å². The van der Waals surface area contributed by atoms with Crippen LogP contribution in [0.15, 0.2) is 0 Å². The molecule has 0 aliphatic carbocycles. The lowest BCUT2D eigenvalue weighted by Gasteiger charge is -2.46. The molecule has 0 aromatic heterocycles. The summed E-state index contributed by atoms with van der Waals surface area (Å²) in [5, 5.41) is 0. The number of unbranched alkanes of at least 4 members (excludes halogenated alkanes) is 9. The molecule has 0 aliphatic heterocycles. The molecule has 0 rings (SSSR count). The molecule has 0 spiro atoms. The quantitative estimate of drug-likeness (QED) is 0.0311. The zero-order valence-electron chi connectivity index (χ0n) is 75.4. The maximum absolute atomic E-state index is 15.6. The first-order valence-corrected chi connectivity index (χ1v) is 40.5. The third-order valence-corrected chi connectivity index (χ3v) is 20.6. The number of ether oxygens (including phenoxy) is 9. The van der Waals surface area contributed by atoms with Gasteiger partial charge in [0.05, 0.1) is 55.3 Å². The summed E-state index contributed by atoms with van der Waals surface area (Å²) in [6, 6.07) is 0. The number of carbonyl (C=O) groups excluding carboxylic acids is 9. The first-order chi connectivity index (χ1) is 50.8. The number of hydrogen-bond donors (Lipinski definition) is 0. The molecule has 110 heavy (non-hydrogen) atoms. The number of esters is 9. The van der Waals surface area contributed by atoms with Gasteiger partial charge in [-0.1, -0.05) is 78.6 Å². The van der Waals surface area contributed by atoms with Gasteiger partial charge in [0.25, 0.3) is 0 Å². The molecule has 0 radical (unpaired) electrons. The van der Waals surface area contributed by atoms with Crippen molar-refractivity contribution in [1.29, 1.82) is 0 Å². The van der Waals surface area contributed by atoms with Crippen LogP contribution < -0.4 is 0 Å². The van der Waals surface area contributed by atoms with Gasteiger partial charge in [0, 0.05) is 52.4 Å². The minimum absolute atomic E-state index is 0.0205. The first-order valence-electron chi connectivity index (χ1n) is 40.5. The molecule has 0 saturated carbocycles. The highest BCUT2D eigenvalue weighted by Crippen LogP contribution is 2.56. The second-order valence-corrected chi connectivity index (χ2v) is 36.5. The highest BCUT2D eigenvalue weighted by atomic mass is 16.6. The predicted molar refractivity (Wildman–Crippen MR) is 436 cm³/mol. The molecule has 26 nitrogen and oxygen atoms in total. The Morgan fingerprint density at radius 2 is 0.373 bits per heavy atom. The van der Waals surface area contributed by atoms with Gasteiger partial charge in [-0.25, -0.2) is 0 Å². The molecule has 0 aromatic rings. The predicted octanol–water partition coefficient (Wildman–Crippen LogP) is 10.9. The Morgan fingerprint density at radius 1 is 0.200 bits per heavy atom. The van der Waals surface area contributed by atoms with E-state index in [0.29, 0.717) is 59.0 Å². The van der Waals surface area contributed by atoms with Crippen molar-refractivity contribution in [3.8, 4) is 0 Å². The summed E-state index contributed by atoms with van der Waals surface area (Å²) in [6.45, 7) is 28.0. The number of likely N-dealkylation sites (N-methyl/N-ethyl adjacent to an activating group) is 8. The van der Waals surface area contributed by atoms with E-state index in [0.717, 1.165) is 12.8 Å². The normalized spacial score (nSPS) is 16.0. The molecule has 7 unspecified atom stereocenters. The summed E-state index contributed by atoms with van der Waals surface area (Å²) in [5.74, 6) is -5.73. The Labute approximate surface area is 668 Å². The Hall–Kier alpha value is -5.09. The minimum Gasteiger partial charge on any atom is -0.465 e. The molecular weight excluding hydrogens is 1410 g/mol. The molecule has 0 bridgehead atoms. The molecule has 0 heterocycles. The van der Waals surface area contributed by atoms with Crippen LogP contribution in [0.4, 0.5) is 0 Å². The van der Waals surface area contributed by atoms with Gasteiger partial charge in [-0.2, -0.15) is 0 Å². The van der Waals surface area contributed by atoms with Crippen LogP contribution in [-0.2, 0) is 85.8 Å². The molecule has 0 saturated heterocycles. The van der Waals surface area contributed by atoms with E-state index < -0.39 is 110 Å². The van der Waals surface area contributed by atoms with Crippen molar-refractivity contribution in [3.63, 3.8) is 0 Å². The summed E-state index contributed by atoms with van der Waals surface area (Å²) in [7, 11) is 29.3. The van der Waals surface area contributed by atoms with Crippen molar-refractivity contribution in [2.45, 2.75) is 219 Å². The van der Waals surface area contributed by atoms with E-state index in [1.54, 1.807) is 62.3 Å². The van der Waals surface area contributed by atoms with Gasteiger partial charge in [-0.15, -0.1) is 0 Å². The molecule has 0 aliphatic rings. The summed E-state index contributed by atoms with van der Waals surface area (Å²) in [4.78, 5) is 147. The van der Waals surface area contributed by atoms with Crippen molar-refractivity contribution in [3.05, 3.63) is 0 Å². The number of hydrogen-bond acceptors (Lipinski definition) is 26. The van der Waals surface area contributed by atoms with Gasteiger partial charge < -0.3 is 81.8 Å². The van der Waals surface area contributed by atoms with Crippen LogP contribution in [0.3, 0.4) is 0 Å². The number of carbonyl (C=O) groups is 9. The van der Waals surface area contributed by atoms with Crippen LogP contribution in [0.5, 0.6) is 0 Å². The van der Waals surface area contributed by atoms with E-state index in [1.807, 2.05) is 180 Å². The van der Waals surface area contributed by atoms with Gasteiger partial charge in [-0.05, 0) is 253 Å². The van der Waals surface area contributed by atoms with E-state index in [9.17, 15) is 19.2 Å². The fraction of sp³-hybridized carbons (Fsp3) is 0.893. The SMILES string of the molecule is CCC(C)(CC(C)(CC(C)(CC(C)(CC(C)(CC(C)(CC(C)(CC(C)(C)C(=O)OCCN(C)C)C(=O)OCCN(C)C)C(=O)OCCN(C)C)C(=O)OCCN(C)C)C(=O)OCCN(C)C)C(=O)OCCN(C)C)C(=O)OCCN(C)C)C(=O)OCCN(C)C.CCCCCCCCCCCCOC(=O)C(C)(C)CC. The maximum Gasteiger partial charge on any atom is 0.311 e. The van der Waals surface area contributed by atoms with Gasteiger partial charge in [0.15, 0.2) is 0 Å². The maximum atomic E-state index is 15.6. The van der Waals surface area contributed by atoms with Crippen molar-refractivity contribution < 1.29 is 85.8 Å². The van der Waals surface area contributed by atoms with Gasteiger partial charge in [0.1, 0.15) is 52.9 Å². The second-order valence-electron chi connectivity index (χ2n) is 36.5. The first kappa shape index (κ1) is 107. The highest BCUT2D eigenvalue weighted by Gasteiger charge is 2.60. The monoisotopic (exact) mass is 1570 g/mol. The average molecular weight is 1570 g/mol. The van der Waals surface area contributed by atoms with Crippen molar-refractivity contribution in [2.75, 3.05) is 225 Å². The van der Waals surface area contributed by atoms with E-state index in [2.05, 4.69) is 6.92 Å². The standard InChI is InChI=1S/C66H126N8O16.C18H36O2/c1-27-60(4,52(76)84-37-29-68(13)14)45-62(6,54(78)86-39-31-70(17)18)47-64(8,56(80)88-41-33-72(21)22)49-66(10,58(82)90-43-35-74(25)26)50-65(9,57(81)89-42-34-73(23)24)48-63(7,55(79)87-40-32-71(19)20)46-61(5,53(77)85-38-30-69(15)16)44-59(2,3)51(75)83-36-28-67(11)12;1-5-7-8-9-10-11-12-13-14-15-16-20-17(19)18(3,4)6-2/h27-50H2,1-26H3;5-16H2,1-4H3. The smallest absolute Gasteiger partial charge is 0.311 e. The Kier molecular flexibility index (Phi) is 51.0. The van der Waals surface area contributed by atoms with E-state index in [-0.39, 0.29) is 96.3 Å². The zero-order chi connectivity index (χ0) is 85.1. The Balaban J connectivity index is 0. The molecule has 646 valence electrons. The summed E-state index contributed by atoms with van der Waals surface area (Å²) in [5.41, 5.74) is -13.6. The Morgan fingerprint density at radius 3 is 0.582 bits per heavy atom. The third-order valence-electron chi connectivity index (χ3n) is 20.6. The van der Waals surface area contributed by atoms with Crippen LogP contribution in [-0.4, -0.2) is 318 Å². The molecule has 0 aromatic carbocycles. The van der Waals surface area contributed by atoms with Crippen molar-refractivity contribution >= 4 is 53.7 Å². The third kappa shape index (κ3) is 42.9. The second kappa shape index (κ2) is 52.4. The summed E-state index contributed by atoms with van der Waals surface area (Å²) < 4.78 is 53.8. The lowest BCUT2D eigenvalue weighted by atomic mass is 9.56. The molecule has 26 heteroatoms. The molecule has 0 amide bonds. The Bertz CT molecular complexity index is 2690. The van der Waals surface area contributed by atoms with E-state index in [1.165, 1.54) is 57.8 Å². The van der Waals surface area contributed by atoms with Crippen molar-refractivity contribution in [1.82, 2.24) is 39.2 Å². The topological polar surface area (TPSA) is 263 Å². The lowest BCUT2D eigenvalue weighted by molar-refractivity contribution is -0.177. The molecule has 7 atom stereocenters. The van der Waals surface area contributed by atoms with Crippen LogP contribution in [0.2, 0.25) is 0 Å². The molecular formula is C84H162N8O18.